The molecule has 4 aromatic heterocycles. The molecule has 0 bridgehead atoms. The fraction of sp³-hybridized carbons (Fsp3) is 0.0400. The van der Waals surface area contributed by atoms with Crippen molar-refractivity contribution in [2.75, 3.05) is 48.0 Å². The van der Waals surface area contributed by atoms with Gasteiger partial charge in [-0.05, 0) is 336 Å². The molecule has 12 nitrogen and oxygen atoms in total. The van der Waals surface area contributed by atoms with E-state index >= 15 is 0 Å². The first-order chi connectivity index (χ1) is 67.7. The summed E-state index contributed by atoms with van der Waals surface area (Å²) in [6.45, 7) is 0. The minimum Gasteiger partial charge on any atom is -0.497 e. The number of anilines is 12. The first kappa shape index (κ1) is 79.9. The Kier molecular flexibility index (Phi) is 18.8. The van der Waals surface area contributed by atoms with E-state index in [4.69, 9.17) is 18.9 Å². The van der Waals surface area contributed by atoms with Gasteiger partial charge < -0.3 is 56.8 Å². The molecule has 0 aliphatic heterocycles. The lowest BCUT2D eigenvalue weighted by atomic mass is 9.70. The highest BCUT2D eigenvalue weighted by atomic mass is 16.5. The molecule has 0 fully saturated rings. The van der Waals surface area contributed by atoms with Gasteiger partial charge >= 0.3 is 0 Å². The summed E-state index contributed by atoms with van der Waals surface area (Å²) in [5.74, 6) is 3.03. The average molecular weight is 1770 g/mol. The number of aromatic nitrogens is 4. The summed E-state index contributed by atoms with van der Waals surface area (Å²) in [7, 11) is 6.95. The molecule has 0 amide bonds. The van der Waals surface area contributed by atoms with Crippen molar-refractivity contribution in [3.63, 3.8) is 0 Å². The van der Waals surface area contributed by atoms with Gasteiger partial charge in [0.2, 0.25) is 0 Å². The summed E-state index contributed by atoms with van der Waals surface area (Å²) in [4.78, 5) is 9.79. The van der Waals surface area contributed by atoms with Gasteiger partial charge in [-0.2, -0.15) is 0 Å². The van der Waals surface area contributed by atoms with Crippen LogP contribution in [0, 0.1) is 0 Å². The van der Waals surface area contributed by atoms with Crippen molar-refractivity contribution in [3.05, 3.63) is 483 Å². The zero-order chi connectivity index (χ0) is 91.1. The molecule has 2 aliphatic rings. The number of fused-ring (bicyclic) bond motifs is 22. The normalized spacial score (nSPS) is 12.3. The molecule has 26 rings (SSSR count). The van der Waals surface area contributed by atoms with Crippen molar-refractivity contribution in [2.45, 2.75) is 5.41 Å². The van der Waals surface area contributed by atoms with Crippen LogP contribution in [0.3, 0.4) is 0 Å². The number of nitrogens with zero attached hydrogens (tertiary/aromatic N) is 8. The van der Waals surface area contributed by atoms with E-state index in [1.54, 1.807) is 28.4 Å². The monoisotopic (exact) mass is 1760 g/mol. The third-order valence-electron chi connectivity index (χ3n) is 28.3. The Balaban J connectivity index is 0.770. The molecular formula is C125H88N8O4. The number of rotatable bonds is 20. The number of para-hydroxylation sites is 8. The maximum absolute atomic E-state index is 6.03. The molecule has 0 radical (unpaired) electrons. The van der Waals surface area contributed by atoms with Crippen LogP contribution in [-0.2, 0) is 5.41 Å². The quantitative estimate of drug-likeness (QED) is 0.0748. The highest BCUT2D eigenvalue weighted by Gasteiger charge is 2.53. The van der Waals surface area contributed by atoms with Gasteiger partial charge in [-0.3, -0.25) is 0 Å². The van der Waals surface area contributed by atoms with Crippen molar-refractivity contribution in [1.82, 2.24) is 18.3 Å². The molecule has 0 atom stereocenters. The Bertz CT molecular complexity index is 7860. The van der Waals surface area contributed by atoms with Crippen LogP contribution in [0.15, 0.2) is 461 Å². The highest BCUT2D eigenvalue weighted by Crippen LogP contribution is 2.66. The molecule has 20 aromatic carbocycles. The maximum Gasteiger partial charge on any atom is 0.119 e. The van der Waals surface area contributed by atoms with Gasteiger partial charge in [0.1, 0.15) is 23.0 Å². The first-order valence-electron chi connectivity index (χ1n) is 46.5. The number of ether oxygens (including phenoxy) is 4. The fourth-order valence-corrected chi connectivity index (χ4v) is 22.3. The lowest BCUT2D eigenvalue weighted by Crippen LogP contribution is -2.27. The van der Waals surface area contributed by atoms with Crippen LogP contribution >= 0.6 is 0 Å². The van der Waals surface area contributed by atoms with Crippen molar-refractivity contribution >= 4 is 155 Å². The summed E-state index contributed by atoms with van der Waals surface area (Å²) in [6.07, 6.45) is 0. The highest BCUT2D eigenvalue weighted by molar-refractivity contribution is 6.15. The Morgan fingerprint density at radius 3 is 0.547 bits per heavy atom. The Labute approximate surface area is 792 Å². The first-order valence-corrected chi connectivity index (χ1v) is 46.5. The second kappa shape index (κ2) is 32.2. The predicted octanol–water partition coefficient (Wildman–Crippen LogP) is 32.3. The third kappa shape index (κ3) is 12.7. The van der Waals surface area contributed by atoms with Gasteiger partial charge in [-0.1, -0.05) is 170 Å². The van der Waals surface area contributed by atoms with Crippen molar-refractivity contribution in [2.24, 2.45) is 0 Å². The predicted molar refractivity (Wildman–Crippen MR) is 565 cm³/mol. The Morgan fingerprint density at radius 1 is 0.161 bits per heavy atom. The van der Waals surface area contributed by atoms with Gasteiger partial charge in [-0.15, -0.1) is 0 Å². The minimum atomic E-state index is -1.15. The smallest absolute Gasteiger partial charge is 0.119 e. The summed E-state index contributed by atoms with van der Waals surface area (Å²) in [6, 6.07) is 169. The molecule has 12 heteroatoms. The standard InChI is InChI=1S/C125H88N8O4/c1-134-97-57-41-85(42-58-97)126(89-53-69-121-109(73-89)105-33-17-21-37-117(105)130(121)81-25-9-5-10-26-81)93-49-65-101-102-66-50-94(127(86-43-59-98(135-2)60-44-86)90-54-70-122-110(74-90)106-34-18-22-38-118(106)131(122)82-27-11-6-12-28-82)78-114(102)125(113(101)77-93)115-79-95(128(87-45-61-99(136-3)62-46-87)91-55-71-123-111(75-91)107-35-19-23-39-119(107)132(123)83-29-13-7-14-30-83)51-67-103(115)104-68-52-96(80-116(104)125)129(88-47-63-100(137-4)64-48-88)92-56-72-124-112(76-92)108-36-20-24-40-120(108)133(124)84-31-15-8-16-32-84/h5-80H,1-4H3. The van der Waals surface area contributed by atoms with Gasteiger partial charge in [0.25, 0.3) is 0 Å². The molecule has 137 heavy (non-hydrogen) atoms. The molecule has 2 aliphatic carbocycles. The molecule has 652 valence electrons. The molecule has 0 saturated carbocycles. The lowest BCUT2D eigenvalue weighted by Gasteiger charge is -2.35. The van der Waals surface area contributed by atoms with Crippen LogP contribution in [0.5, 0.6) is 23.0 Å². The minimum absolute atomic E-state index is 0.757. The summed E-state index contributed by atoms with van der Waals surface area (Å²) < 4.78 is 33.7. The van der Waals surface area contributed by atoms with Gasteiger partial charge in [0, 0.05) is 134 Å². The van der Waals surface area contributed by atoms with Gasteiger partial charge in [0.05, 0.1) is 78.0 Å². The van der Waals surface area contributed by atoms with Gasteiger partial charge in [-0.25, -0.2) is 0 Å². The van der Waals surface area contributed by atoms with Crippen molar-refractivity contribution in [1.29, 1.82) is 0 Å². The number of methoxy groups -OCH3 is 4. The molecule has 4 heterocycles. The van der Waals surface area contributed by atoms with Crippen LogP contribution in [0.1, 0.15) is 22.3 Å². The SMILES string of the molecule is COc1ccc(N(c2ccc3c(c2)C2(c4cc(N(c5ccc(OC)cc5)c5ccc6c(c5)c5ccccc5n6-c5ccccc5)ccc4-3)c3cc(N(c4ccc(OC)cc4)c4ccc5c(c4)c4ccccc4n5-c4ccccc4)ccc3-c3ccc(N(c4ccc(OC)cc4)c4ccc5c(c4)c4ccccc4n5-c4ccccc4)cc32)c2ccc3c(c2)c2ccccc2n3-c2ccccc2)cc1. The Hall–Kier alpha value is -18.0. The average Bonchev–Trinajstić information content (AvgIpc) is 1.50. The largest absolute Gasteiger partial charge is 0.497 e. The zero-order valence-corrected chi connectivity index (χ0v) is 75.6. The van der Waals surface area contributed by atoms with E-state index in [9.17, 15) is 0 Å². The summed E-state index contributed by atoms with van der Waals surface area (Å²) in [5, 5.41) is 9.13. The maximum atomic E-state index is 6.03. The molecule has 0 N–H and O–H groups in total. The van der Waals surface area contributed by atoms with E-state index in [0.29, 0.717) is 0 Å². The van der Waals surface area contributed by atoms with E-state index in [1.807, 2.05) is 0 Å². The van der Waals surface area contributed by atoms with Crippen molar-refractivity contribution in [3.8, 4) is 68.0 Å². The van der Waals surface area contributed by atoms with Crippen LogP contribution in [0.25, 0.3) is 132 Å². The molecule has 1 spiro atoms. The van der Waals surface area contributed by atoms with Gasteiger partial charge in [0.15, 0.2) is 0 Å². The number of hydrogen-bond acceptors (Lipinski definition) is 8. The van der Waals surface area contributed by atoms with Crippen molar-refractivity contribution < 1.29 is 18.9 Å². The number of hydrogen-bond donors (Lipinski definition) is 0. The second-order valence-corrected chi connectivity index (χ2v) is 35.4. The Morgan fingerprint density at radius 2 is 0.336 bits per heavy atom. The van der Waals surface area contributed by atoms with E-state index in [2.05, 4.69) is 499 Å². The van der Waals surface area contributed by atoms with E-state index in [-0.39, 0.29) is 0 Å². The van der Waals surface area contributed by atoms with E-state index in [1.165, 1.54) is 0 Å². The number of benzene rings is 20. The topological polar surface area (TPSA) is 69.6 Å². The van der Waals surface area contributed by atoms with E-state index < -0.39 is 5.41 Å². The zero-order valence-electron chi connectivity index (χ0n) is 75.6. The van der Waals surface area contributed by atoms with Crippen LogP contribution in [-0.4, -0.2) is 46.7 Å². The summed E-state index contributed by atoms with van der Waals surface area (Å²) >= 11 is 0. The summed E-state index contributed by atoms with van der Waals surface area (Å²) in [5.41, 5.74) is 32.6. The molecular weight excluding hydrogens is 1680 g/mol. The molecule has 0 unspecified atom stereocenters. The lowest BCUT2D eigenvalue weighted by molar-refractivity contribution is 0.414. The van der Waals surface area contributed by atoms with Crippen LogP contribution in [0.4, 0.5) is 68.2 Å². The molecule has 0 saturated heterocycles. The van der Waals surface area contributed by atoms with Crippen LogP contribution < -0.4 is 38.5 Å². The third-order valence-corrected chi connectivity index (χ3v) is 28.3. The fourth-order valence-electron chi connectivity index (χ4n) is 22.3. The van der Waals surface area contributed by atoms with E-state index in [0.717, 1.165) is 246 Å². The second-order valence-electron chi connectivity index (χ2n) is 35.4. The van der Waals surface area contributed by atoms with Crippen LogP contribution in [0.2, 0.25) is 0 Å². The molecule has 24 aromatic rings.